The van der Waals surface area contributed by atoms with Gasteiger partial charge in [-0.15, -0.1) is 0 Å². The molecule has 0 unspecified atom stereocenters. The van der Waals surface area contributed by atoms with E-state index in [0.29, 0.717) is 5.92 Å². The minimum absolute atomic E-state index is 0.0468. The van der Waals surface area contributed by atoms with Gasteiger partial charge in [0.15, 0.2) is 6.61 Å². The highest BCUT2D eigenvalue weighted by molar-refractivity contribution is 5.84. The molecular weight excluding hydrogens is 280 g/mol. The van der Waals surface area contributed by atoms with Crippen LogP contribution in [-0.4, -0.2) is 18.4 Å². The van der Waals surface area contributed by atoms with E-state index in [1.54, 1.807) is 0 Å². The minimum Gasteiger partial charge on any atom is -0.483 e. The highest BCUT2D eigenvalue weighted by Crippen LogP contribution is 2.27. The van der Waals surface area contributed by atoms with Crippen LogP contribution in [0.5, 0.6) is 5.75 Å². The van der Waals surface area contributed by atoms with Gasteiger partial charge < -0.3 is 4.74 Å². The number of amides is 2. The van der Waals surface area contributed by atoms with Gasteiger partial charge in [0, 0.05) is 5.92 Å². The van der Waals surface area contributed by atoms with Crippen LogP contribution in [0.1, 0.15) is 50.2 Å². The summed E-state index contributed by atoms with van der Waals surface area (Å²) in [5, 5.41) is 0. The van der Waals surface area contributed by atoms with Gasteiger partial charge in [-0.1, -0.05) is 32.4 Å². The van der Waals surface area contributed by atoms with Crippen LogP contribution in [0.3, 0.4) is 0 Å². The van der Waals surface area contributed by atoms with Crippen molar-refractivity contribution >= 4 is 11.8 Å². The molecule has 0 saturated heterocycles. The Morgan fingerprint density at radius 2 is 2.00 bits per heavy atom. The van der Waals surface area contributed by atoms with Crippen LogP contribution in [0.25, 0.3) is 0 Å². The van der Waals surface area contributed by atoms with Crippen molar-refractivity contribution in [2.24, 2.45) is 5.92 Å². The highest BCUT2D eigenvalue weighted by atomic mass is 16.5. The molecule has 0 spiro atoms. The maximum absolute atomic E-state index is 11.8. The van der Waals surface area contributed by atoms with E-state index in [2.05, 4.69) is 24.7 Å². The van der Waals surface area contributed by atoms with Crippen LogP contribution in [0.15, 0.2) is 18.2 Å². The molecule has 2 N–H and O–H groups in total. The fourth-order valence-corrected chi connectivity index (χ4v) is 2.33. The van der Waals surface area contributed by atoms with Crippen molar-refractivity contribution in [3.05, 3.63) is 29.3 Å². The fourth-order valence-electron chi connectivity index (χ4n) is 2.33. The molecule has 0 aliphatic heterocycles. The zero-order chi connectivity index (χ0) is 16.1. The number of ether oxygens (including phenoxy) is 1. The average molecular weight is 304 g/mol. The van der Waals surface area contributed by atoms with Crippen LogP contribution in [0.2, 0.25) is 0 Å². The molecule has 22 heavy (non-hydrogen) atoms. The van der Waals surface area contributed by atoms with Crippen LogP contribution >= 0.6 is 0 Å². The summed E-state index contributed by atoms with van der Waals surface area (Å²) < 4.78 is 5.61. The van der Waals surface area contributed by atoms with Gasteiger partial charge in [0.05, 0.1) is 0 Å². The van der Waals surface area contributed by atoms with Gasteiger partial charge in [-0.25, -0.2) is 0 Å². The average Bonchev–Trinajstić information content (AvgIpc) is 2.40. The molecule has 0 atom stereocenters. The quantitative estimate of drug-likeness (QED) is 0.821. The van der Waals surface area contributed by atoms with Gasteiger partial charge in [0.25, 0.3) is 5.91 Å². The molecule has 5 nitrogen and oxygen atoms in total. The lowest BCUT2D eigenvalue weighted by Crippen LogP contribution is -2.47. The van der Waals surface area contributed by atoms with Gasteiger partial charge >= 0.3 is 0 Å². The predicted octanol–water partition coefficient (Wildman–Crippen LogP) is 2.44. The van der Waals surface area contributed by atoms with Crippen molar-refractivity contribution in [1.82, 2.24) is 10.9 Å². The SMILES string of the molecule is Cc1ccc(C(C)C)c(OCC(=O)NNC(=O)C2CCC2)c1. The second kappa shape index (κ2) is 7.29. The molecule has 0 heterocycles. The van der Waals surface area contributed by atoms with Crippen molar-refractivity contribution in [1.29, 1.82) is 0 Å². The van der Waals surface area contributed by atoms with E-state index >= 15 is 0 Å². The topological polar surface area (TPSA) is 67.4 Å². The number of hydrogen-bond acceptors (Lipinski definition) is 3. The summed E-state index contributed by atoms with van der Waals surface area (Å²) in [6, 6.07) is 5.97. The minimum atomic E-state index is -0.358. The summed E-state index contributed by atoms with van der Waals surface area (Å²) >= 11 is 0. The lowest BCUT2D eigenvalue weighted by molar-refractivity contribution is -0.133. The first kappa shape index (κ1) is 16.3. The smallest absolute Gasteiger partial charge is 0.276 e. The summed E-state index contributed by atoms with van der Waals surface area (Å²) in [6.07, 6.45) is 2.89. The van der Waals surface area contributed by atoms with Crippen molar-refractivity contribution < 1.29 is 14.3 Å². The number of carbonyl (C=O) groups is 2. The van der Waals surface area contributed by atoms with E-state index in [1.165, 1.54) is 0 Å². The highest BCUT2D eigenvalue weighted by Gasteiger charge is 2.25. The van der Waals surface area contributed by atoms with Gasteiger partial charge in [0.1, 0.15) is 5.75 Å². The van der Waals surface area contributed by atoms with Crippen LogP contribution in [0.4, 0.5) is 0 Å². The zero-order valence-corrected chi connectivity index (χ0v) is 13.4. The Bertz CT molecular complexity index is 551. The molecule has 1 aromatic carbocycles. The van der Waals surface area contributed by atoms with Crippen molar-refractivity contribution in [2.45, 2.75) is 46.0 Å². The molecule has 0 aromatic heterocycles. The fraction of sp³-hybridized carbons (Fsp3) is 0.529. The first-order valence-electron chi connectivity index (χ1n) is 7.79. The number of rotatable bonds is 5. The number of hydrazine groups is 1. The molecule has 2 rings (SSSR count). The van der Waals surface area contributed by atoms with Crippen molar-refractivity contribution in [3.8, 4) is 5.75 Å². The maximum Gasteiger partial charge on any atom is 0.276 e. The number of hydrogen-bond donors (Lipinski definition) is 2. The van der Waals surface area contributed by atoms with Crippen molar-refractivity contribution in [2.75, 3.05) is 6.61 Å². The third-order valence-electron chi connectivity index (χ3n) is 3.95. The van der Waals surface area contributed by atoms with Crippen LogP contribution < -0.4 is 15.6 Å². The van der Waals surface area contributed by atoms with E-state index in [0.717, 1.165) is 36.1 Å². The molecule has 1 aliphatic rings. The summed E-state index contributed by atoms with van der Waals surface area (Å²) in [5.41, 5.74) is 7.00. The first-order chi connectivity index (χ1) is 10.5. The van der Waals surface area contributed by atoms with Crippen LogP contribution in [-0.2, 0) is 9.59 Å². The second-order valence-electron chi connectivity index (χ2n) is 6.15. The van der Waals surface area contributed by atoms with E-state index in [-0.39, 0.29) is 24.3 Å². The van der Waals surface area contributed by atoms with E-state index in [4.69, 9.17) is 4.74 Å². The molecule has 1 fully saturated rings. The third kappa shape index (κ3) is 4.23. The monoisotopic (exact) mass is 304 g/mol. The van der Waals surface area contributed by atoms with Gasteiger partial charge in [-0.05, 0) is 42.9 Å². The van der Waals surface area contributed by atoms with Gasteiger partial charge in [-0.2, -0.15) is 0 Å². The Morgan fingerprint density at radius 1 is 1.27 bits per heavy atom. The van der Waals surface area contributed by atoms with E-state index < -0.39 is 0 Å². The van der Waals surface area contributed by atoms with Gasteiger partial charge in [0.2, 0.25) is 5.91 Å². The molecule has 1 saturated carbocycles. The van der Waals surface area contributed by atoms with Gasteiger partial charge in [-0.3, -0.25) is 20.4 Å². The Labute approximate surface area is 131 Å². The molecule has 0 bridgehead atoms. The van der Waals surface area contributed by atoms with E-state index in [9.17, 15) is 9.59 Å². The number of benzene rings is 1. The molecule has 0 radical (unpaired) electrons. The first-order valence-corrected chi connectivity index (χ1v) is 7.79. The maximum atomic E-state index is 11.8. The standard InChI is InChI=1S/C17H24N2O3/c1-11(2)14-8-7-12(3)9-15(14)22-10-16(20)18-19-17(21)13-5-4-6-13/h7-9,11,13H,4-6,10H2,1-3H3,(H,18,20)(H,19,21). The summed E-state index contributed by atoms with van der Waals surface area (Å²) in [7, 11) is 0. The zero-order valence-electron chi connectivity index (χ0n) is 13.4. The second-order valence-corrected chi connectivity index (χ2v) is 6.15. The third-order valence-corrected chi connectivity index (χ3v) is 3.95. The van der Waals surface area contributed by atoms with Crippen LogP contribution in [0, 0.1) is 12.8 Å². The molecule has 5 heteroatoms. The van der Waals surface area contributed by atoms with E-state index in [1.807, 2.05) is 25.1 Å². The summed E-state index contributed by atoms with van der Waals surface area (Å²) in [6.45, 7) is 6.02. The molecule has 1 aliphatic carbocycles. The normalized spacial score (nSPS) is 14.4. The lowest BCUT2D eigenvalue weighted by atomic mass is 9.85. The largest absolute Gasteiger partial charge is 0.483 e. The Balaban J connectivity index is 1.83. The summed E-state index contributed by atoms with van der Waals surface area (Å²) in [5.74, 6) is 0.611. The lowest BCUT2D eigenvalue weighted by Gasteiger charge is -2.24. The number of aryl methyl sites for hydroxylation is 1. The Morgan fingerprint density at radius 3 is 2.59 bits per heavy atom. The Hall–Kier alpha value is -2.04. The summed E-state index contributed by atoms with van der Waals surface area (Å²) in [4.78, 5) is 23.4. The number of nitrogens with one attached hydrogen (secondary N) is 2. The number of carbonyl (C=O) groups excluding carboxylic acids is 2. The predicted molar refractivity (Wildman–Crippen MR) is 84.4 cm³/mol. The molecule has 120 valence electrons. The Kier molecular flexibility index (Phi) is 5.41. The molecule has 2 amide bonds. The molecule has 1 aromatic rings. The molecular formula is C17H24N2O3. The van der Waals surface area contributed by atoms with Crippen molar-refractivity contribution in [3.63, 3.8) is 0 Å².